The molecule has 1 aliphatic heterocycles. The second-order valence-electron chi connectivity index (χ2n) is 7.72. The number of anilines is 1. The number of methoxy groups -OCH3 is 1. The van der Waals surface area contributed by atoms with Crippen molar-refractivity contribution in [3.8, 4) is 5.75 Å². The summed E-state index contributed by atoms with van der Waals surface area (Å²) in [5, 5.41) is 5.21. The van der Waals surface area contributed by atoms with Crippen molar-refractivity contribution in [3.63, 3.8) is 0 Å². The van der Waals surface area contributed by atoms with Crippen molar-refractivity contribution < 1.29 is 14.3 Å². The molecule has 0 saturated carbocycles. The van der Waals surface area contributed by atoms with Crippen molar-refractivity contribution in [1.29, 1.82) is 0 Å². The standard InChI is InChI=1S/C25H26N2O3/c1-30-22-12-5-11-21(16-22)26-25(29)20-10-6-14-27(17-20)24(28)15-19-9-4-8-18-7-2-3-13-23(18)19/h2-5,7-9,11-13,16,20H,6,10,14-15,17H2,1H3,(H,26,29). The first-order valence-electron chi connectivity index (χ1n) is 10.3. The third-order valence-electron chi connectivity index (χ3n) is 5.70. The third kappa shape index (κ3) is 4.46. The maximum absolute atomic E-state index is 13.0. The van der Waals surface area contributed by atoms with Crippen molar-refractivity contribution in [2.45, 2.75) is 19.3 Å². The minimum absolute atomic E-state index is 0.0501. The van der Waals surface area contributed by atoms with Crippen molar-refractivity contribution in [1.82, 2.24) is 4.90 Å². The second kappa shape index (κ2) is 8.99. The van der Waals surface area contributed by atoms with Gasteiger partial charge in [-0.15, -0.1) is 0 Å². The first-order chi connectivity index (χ1) is 14.6. The molecule has 0 radical (unpaired) electrons. The molecule has 1 saturated heterocycles. The Morgan fingerprint density at radius 3 is 2.73 bits per heavy atom. The summed E-state index contributed by atoms with van der Waals surface area (Å²) in [6.07, 6.45) is 1.97. The van der Waals surface area contributed by atoms with E-state index < -0.39 is 0 Å². The second-order valence-corrected chi connectivity index (χ2v) is 7.72. The number of carbonyl (C=O) groups excluding carboxylic acids is 2. The van der Waals surface area contributed by atoms with Gasteiger partial charge in [0.25, 0.3) is 0 Å². The van der Waals surface area contributed by atoms with Crippen molar-refractivity contribution in [3.05, 3.63) is 72.3 Å². The molecule has 5 heteroatoms. The molecule has 1 N–H and O–H groups in total. The fraction of sp³-hybridized carbons (Fsp3) is 0.280. The van der Waals surface area contributed by atoms with Crippen LogP contribution < -0.4 is 10.1 Å². The fourth-order valence-electron chi connectivity index (χ4n) is 4.08. The average Bonchev–Trinajstić information content (AvgIpc) is 2.79. The molecule has 1 aliphatic rings. The topological polar surface area (TPSA) is 58.6 Å². The summed E-state index contributed by atoms with van der Waals surface area (Å²) >= 11 is 0. The number of rotatable bonds is 5. The Bertz CT molecular complexity index is 1060. The van der Waals surface area contributed by atoms with Crippen molar-refractivity contribution in [2.75, 3.05) is 25.5 Å². The van der Waals surface area contributed by atoms with Gasteiger partial charge in [-0.1, -0.05) is 48.5 Å². The lowest BCUT2D eigenvalue weighted by atomic mass is 9.95. The lowest BCUT2D eigenvalue weighted by Gasteiger charge is -2.32. The minimum atomic E-state index is -0.207. The molecule has 0 aromatic heterocycles. The molecule has 0 bridgehead atoms. The number of ether oxygens (including phenoxy) is 1. The zero-order valence-corrected chi connectivity index (χ0v) is 17.1. The van der Waals surface area contributed by atoms with Crippen LogP contribution in [0.5, 0.6) is 5.75 Å². The average molecular weight is 402 g/mol. The first kappa shape index (κ1) is 20.0. The summed E-state index contributed by atoms with van der Waals surface area (Å²) in [5.41, 5.74) is 1.74. The van der Waals surface area contributed by atoms with Gasteiger partial charge in [-0.2, -0.15) is 0 Å². The first-order valence-corrected chi connectivity index (χ1v) is 10.3. The summed E-state index contributed by atoms with van der Waals surface area (Å²) in [7, 11) is 1.60. The quantitative estimate of drug-likeness (QED) is 0.693. The van der Waals surface area contributed by atoms with Crippen LogP contribution in [0.2, 0.25) is 0 Å². The van der Waals surface area contributed by atoms with Crippen LogP contribution >= 0.6 is 0 Å². The number of nitrogens with one attached hydrogen (secondary N) is 1. The molecular formula is C25H26N2O3. The summed E-state index contributed by atoms with van der Waals surface area (Å²) in [6, 6.07) is 21.5. The molecule has 154 valence electrons. The predicted molar refractivity (Wildman–Crippen MR) is 119 cm³/mol. The molecule has 3 aromatic rings. The number of benzene rings is 3. The number of hydrogen-bond donors (Lipinski definition) is 1. The van der Waals surface area contributed by atoms with Crippen LogP contribution in [-0.4, -0.2) is 36.9 Å². The number of carbonyl (C=O) groups is 2. The molecule has 5 nitrogen and oxygen atoms in total. The number of piperidine rings is 1. The van der Waals surface area contributed by atoms with Gasteiger partial charge in [-0.3, -0.25) is 9.59 Å². The van der Waals surface area contributed by atoms with Gasteiger partial charge in [-0.05, 0) is 41.3 Å². The molecule has 1 atom stereocenters. The smallest absolute Gasteiger partial charge is 0.229 e. The monoisotopic (exact) mass is 402 g/mol. The van der Waals surface area contributed by atoms with E-state index in [0.29, 0.717) is 30.9 Å². The Kier molecular flexibility index (Phi) is 5.98. The van der Waals surface area contributed by atoms with E-state index in [1.165, 1.54) is 0 Å². The van der Waals surface area contributed by atoms with Gasteiger partial charge in [0.1, 0.15) is 5.75 Å². The Morgan fingerprint density at radius 2 is 1.87 bits per heavy atom. The molecular weight excluding hydrogens is 376 g/mol. The predicted octanol–water partition coefficient (Wildman–Crippen LogP) is 4.27. The highest BCUT2D eigenvalue weighted by atomic mass is 16.5. The SMILES string of the molecule is COc1cccc(NC(=O)C2CCCN(C(=O)Cc3cccc4ccccc34)C2)c1. The Labute approximate surface area is 176 Å². The number of fused-ring (bicyclic) bond motifs is 1. The number of likely N-dealkylation sites (tertiary alicyclic amines) is 1. The van der Waals surface area contributed by atoms with Crippen LogP contribution in [-0.2, 0) is 16.0 Å². The van der Waals surface area contributed by atoms with Gasteiger partial charge < -0.3 is 15.0 Å². The van der Waals surface area contributed by atoms with Crippen LogP contribution in [0, 0.1) is 5.92 Å². The van der Waals surface area contributed by atoms with E-state index in [9.17, 15) is 9.59 Å². The van der Waals surface area contributed by atoms with Crippen LogP contribution in [0.25, 0.3) is 10.8 Å². The lowest BCUT2D eigenvalue weighted by molar-refractivity contribution is -0.133. The molecule has 1 fully saturated rings. The number of nitrogens with zero attached hydrogens (tertiary/aromatic N) is 1. The normalized spacial score (nSPS) is 16.3. The van der Waals surface area contributed by atoms with Crippen LogP contribution in [0.4, 0.5) is 5.69 Å². The zero-order chi connectivity index (χ0) is 20.9. The Morgan fingerprint density at radius 1 is 1.07 bits per heavy atom. The highest BCUT2D eigenvalue weighted by Crippen LogP contribution is 2.23. The lowest BCUT2D eigenvalue weighted by Crippen LogP contribution is -2.44. The van der Waals surface area contributed by atoms with E-state index in [2.05, 4.69) is 23.5 Å². The molecule has 4 rings (SSSR count). The highest BCUT2D eigenvalue weighted by molar-refractivity contribution is 5.94. The largest absolute Gasteiger partial charge is 0.497 e. The molecule has 3 aromatic carbocycles. The van der Waals surface area contributed by atoms with E-state index in [1.54, 1.807) is 13.2 Å². The maximum atomic E-state index is 13.0. The molecule has 30 heavy (non-hydrogen) atoms. The maximum Gasteiger partial charge on any atom is 0.229 e. The molecule has 0 spiro atoms. The highest BCUT2D eigenvalue weighted by Gasteiger charge is 2.28. The van der Waals surface area contributed by atoms with Gasteiger partial charge in [-0.25, -0.2) is 0 Å². The van der Waals surface area contributed by atoms with Crippen LogP contribution in [0.1, 0.15) is 18.4 Å². The number of amides is 2. The van der Waals surface area contributed by atoms with Gasteiger partial charge >= 0.3 is 0 Å². The van der Waals surface area contributed by atoms with E-state index >= 15 is 0 Å². The summed E-state index contributed by atoms with van der Waals surface area (Å²) in [5.74, 6) is 0.515. The molecule has 0 aliphatic carbocycles. The van der Waals surface area contributed by atoms with Crippen LogP contribution in [0.15, 0.2) is 66.7 Å². The van der Waals surface area contributed by atoms with Crippen LogP contribution in [0.3, 0.4) is 0 Å². The molecule has 1 heterocycles. The summed E-state index contributed by atoms with van der Waals surface area (Å²) in [4.78, 5) is 27.6. The van der Waals surface area contributed by atoms with Gasteiger partial charge in [0.2, 0.25) is 11.8 Å². The summed E-state index contributed by atoms with van der Waals surface area (Å²) in [6.45, 7) is 1.16. The van der Waals surface area contributed by atoms with E-state index in [1.807, 2.05) is 47.4 Å². The molecule has 1 unspecified atom stereocenters. The summed E-state index contributed by atoms with van der Waals surface area (Å²) < 4.78 is 5.21. The van der Waals surface area contributed by atoms with Gasteiger partial charge in [0.05, 0.1) is 19.4 Å². The van der Waals surface area contributed by atoms with E-state index in [-0.39, 0.29) is 17.7 Å². The Balaban J connectivity index is 1.41. The van der Waals surface area contributed by atoms with Gasteiger partial charge in [0, 0.05) is 24.8 Å². The van der Waals surface area contributed by atoms with E-state index in [0.717, 1.165) is 29.2 Å². The zero-order valence-electron chi connectivity index (χ0n) is 17.1. The molecule has 2 amide bonds. The van der Waals surface area contributed by atoms with Gasteiger partial charge in [0.15, 0.2) is 0 Å². The van der Waals surface area contributed by atoms with Crippen molar-refractivity contribution in [2.24, 2.45) is 5.92 Å². The fourth-order valence-corrected chi connectivity index (χ4v) is 4.08. The number of hydrogen-bond acceptors (Lipinski definition) is 3. The van der Waals surface area contributed by atoms with Crippen molar-refractivity contribution >= 4 is 28.3 Å². The minimum Gasteiger partial charge on any atom is -0.497 e. The Hall–Kier alpha value is -3.34. The van der Waals surface area contributed by atoms with E-state index in [4.69, 9.17) is 4.74 Å². The third-order valence-corrected chi connectivity index (χ3v) is 5.70.